The van der Waals surface area contributed by atoms with E-state index >= 15 is 0 Å². The summed E-state index contributed by atoms with van der Waals surface area (Å²) in [5, 5.41) is 1.69. The van der Waals surface area contributed by atoms with Crippen LogP contribution < -0.4 is 0 Å². The molecule has 0 aliphatic rings. The van der Waals surface area contributed by atoms with Crippen molar-refractivity contribution in [1.82, 2.24) is 19.8 Å². The van der Waals surface area contributed by atoms with Crippen LogP contribution in [0.25, 0.3) is 22.5 Å². The van der Waals surface area contributed by atoms with Crippen molar-refractivity contribution in [3.05, 3.63) is 80.4 Å². The maximum Gasteiger partial charge on any atom is 0.266 e. The number of amides is 2. The van der Waals surface area contributed by atoms with E-state index in [0.717, 1.165) is 21.1 Å². The van der Waals surface area contributed by atoms with Gasteiger partial charge >= 0.3 is 0 Å². The molecular weight excluding hydrogens is 464 g/mol. The second-order valence-corrected chi connectivity index (χ2v) is 10.4. The van der Waals surface area contributed by atoms with Crippen LogP contribution in [-0.4, -0.2) is 58.8 Å². The standard InChI is InChI=1S/C26H26N4O2S2/c1-17-27-21(19-11-7-5-8-12-19)23(33-17)25(31)29(3)15-16-30(4)26(32)24-22(28-18(2)34-24)20-13-9-6-10-14-20/h5-14H,15-16H2,1-4H3. The molecule has 2 aromatic heterocycles. The molecule has 34 heavy (non-hydrogen) atoms. The van der Waals surface area contributed by atoms with Gasteiger partial charge in [0.15, 0.2) is 0 Å². The summed E-state index contributed by atoms with van der Waals surface area (Å²) in [5.74, 6) is -0.187. The first-order valence-corrected chi connectivity index (χ1v) is 12.5. The first-order valence-electron chi connectivity index (χ1n) is 10.9. The summed E-state index contributed by atoms with van der Waals surface area (Å²) in [6.45, 7) is 4.62. The van der Waals surface area contributed by atoms with Gasteiger partial charge in [-0.2, -0.15) is 0 Å². The molecule has 2 aromatic carbocycles. The van der Waals surface area contributed by atoms with Crippen LogP contribution in [0.5, 0.6) is 0 Å². The van der Waals surface area contributed by atoms with Crippen LogP contribution in [0.1, 0.15) is 29.4 Å². The number of nitrogens with zero attached hydrogens (tertiary/aromatic N) is 4. The number of aryl methyl sites for hydroxylation is 2. The van der Waals surface area contributed by atoms with E-state index in [4.69, 9.17) is 0 Å². The molecule has 0 aliphatic heterocycles. The molecule has 4 rings (SSSR count). The van der Waals surface area contributed by atoms with Crippen LogP contribution in [0.3, 0.4) is 0 Å². The van der Waals surface area contributed by atoms with E-state index in [1.54, 1.807) is 23.9 Å². The van der Waals surface area contributed by atoms with Gasteiger partial charge in [0.25, 0.3) is 11.8 Å². The predicted molar refractivity (Wildman–Crippen MR) is 138 cm³/mol. The smallest absolute Gasteiger partial charge is 0.266 e. The van der Waals surface area contributed by atoms with Crippen LogP contribution in [0, 0.1) is 13.8 Å². The average molecular weight is 491 g/mol. The summed E-state index contributed by atoms with van der Waals surface area (Å²) < 4.78 is 0. The Morgan fingerprint density at radius 2 is 1.03 bits per heavy atom. The highest BCUT2D eigenvalue weighted by atomic mass is 32.1. The second-order valence-electron chi connectivity index (χ2n) is 8.01. The summed E-state index contributed by atoms with van der Waals surface area (Å²) in [5.41, 5.74) is 3.25. The van der Waals surface area contributed by atoms with Crippen LogP contribution in [0.2, 0.25) is 0 Å². The van der Waals surface area contributed by atoms with Gasteiger partial charge < -0.3 is 9.80 Å². The highest BCUT2D eigenvalue weighted by Gasteiger charge is 2.24. The van der Waals surface area contributed by atoms with E-state index in [1.165, 1.54) is 22.7 Å². The van der Waals surface area contributed by atoms with Crippen LogP contribution in [0.15, 0.2) is 60.7 Å². The molecule has 0 aliphatic carbocycles. The number of carbonyl (C=O) groups excluding carboxylic acids is 2. The minimum atomic E-state index is -0.0936. The molecule has 6 nitrogen and oxygen atoms in total. The molecule has 0 fully saturated rings. The van der Waals surface area contributed by atoms with Gasteiger partial charge in [-0.3, -0.25) is 9.59 Å². The minimum absolute atomic E-state index is 0.0936. The lowest BCUT2D eigenvalue weighted by Gasteiger charge is -2.22. The maximum atomic E-state index is 13.2. The fraction of sp³-hybridized carbons (Fsp3) is 0.231. The molecule has 8 heteroatoms. The number of carbonyl (C=O) groups is 2. The highest BCUT2D eigenvalue weighted by Crippen LogP contribution is 2.30. The minimum Gasteiger partial charge on any atom is -0.339 e. The van der Waals surface area contributed by atoms with E-state index in [-0.39, 0.29) is 11.8 Å². The first-order chi connectivity index (χ1) is 16.3. The zero-order valence-corrected chi connectivity index (χ0v) is 21.2. The van der Waals surface area contributed by atoms with Crippen molar-refractivity contribution < 1.29 is 9.59 Å². The predicted octanol–water partition coefficient (Wildman–Crippen LogP) is 5.39. The summed E-state index contributed by atoms with van der Waals surface area (Å²) in [6, 6.07) is 19.5. The Labute approximate surface area is 207 Å². The van der Waals surface area contributed by atoms with Gasteiger partial charge in [-0.15, -0.1) is 22.7 Å². The Bertz CT molecular complexity index is 1200. The van der Waals surface area contributed by atoms with Crippen LogP contribution in [0.4, 0.5) is 0 Å². The van der Waals surface area contributed by atoms with Gasteiger partial charge in [-0.25, -0.2) is 9.97 Å². The summed E-state index contributed by atoms with van der Waals surface area (Å²) in [6.07, 6.45) is 0. The van der Waals surface area contributed by atoms with Gasteiger partial charge in [0.05, 0.1) is 21.4 Å². The van der Waals surface area contributed by atoms with Gasteiger partial charge in [0.1, 0.15) is 9.75 Å². The fourth-order valence-electron chi connectivity index (χ4n) is 3.58. The molecule has 0 atom stereocenters. The topological polar surface area (TPSA) is 66.4 Å². The molecule has 0 spiro atoms. The number of likely N-dealkylation sites (N-methyl/N-ethyl adjacent to an activating group) is 2. The van der Waals surface area contributed by atoms with Crippen molar-refractivity contribution in [2.45, 2.75) is 13.8 Å². The molecule has 174 valence electrons. The van der Waals surface area contributed by atoms with Gasteiger partial charge in [0.2, 0.25) is 0 Å². The second kappa shape index (κ2) is 10.3. The fourth-order valence-corrected chi connectivity index (χ4v) is 5.45. The number of aromatic nitrogens is 2. The maximum absolute atomic E-state index is 13.2. The van der Waals surface area contributed by atoms with Crippen molar-refractivity contribution in [2.24, 2.45) is 0 Å². The SMILES string of the molecule is Cc1nc(-c2ccccc2)c(C(=O)N(C)CCN(C)C(=O)c2sc(C)nc2-c2ccccc2)s1. The largest absolute Gasteiger partial charge is 0.339 e. The molecule has 2 heterocycles. The number of rotatable bonds is 7. The lowest BCUT2D eigenvalue weighted by molar-refractivity contribution is 0.0724. The molecule has 2 amide bonds. The third-order valence-electron chi connectivity index (χ3n) is 5.42. The summed E-state index contributed by atoms with van der Waals surface area (Å²) in [7, 11) is 3.52. The molecule has 0 bridgehead atoms. The van der Waals surface area contributed by atoms with Gasteiger partial charge in [-0.05, 0) is 13.8 Å². The number of hydrogen-bond donors (Lipinski definition) is 0. The zero-order valence-electron chi connectivity index (χ0n) is 19.6. The molecule has 0 saturated heterocycles. The summed E-state index contributed by atoms with van der Waals surface area (Å²) in [4.78, 5) is 40.2. The quantitative estimate of drug-likeness (QED) is 0.348. The Morgan fingerprint density at radius 3 is 1.38 bits per heavy atom. The number of hydrogen-bond acceptors (Lipinski definition) is 6. The van der Waals surface area contributed by atoms with Crippen molar-refractivity contribution in [2.75, 3.05) is 27.2 Å². The third-order valence-corrected chi connectivity index (χ3v) is 7.33. The van der Waals surface area contributed by atoms with Crippen LogP contribution >= 0.6 is 22.7 Å². The first kappa shape index (κ1) is 23.8. The van der Waals surface area contributed by atoms with E-state index in [1.807, 2.05) is 74.5 Å². The monoisotopic (exact) mass is 490 g/mol. The van der Waals surface area contributed by atoms with E-state index in [2.05, 4.69) is 9.97 Å². The number of thiazole rings is 2. The van der Waals surface area contributed by atoms with Crippen molar-refractivity contribution in [1.29, 1.82) is 0 Å². The summed E-state index contributed by atoms with van der Waals surface area (Å²) >= 11 is 2.79. The van der Waals surface area contributed by atoms with Gasteiger partial charge in [0, 0.05) is 38.3 Å². The molecule has 0 N–H and O–H groups in total. The Hall–Kier alpha value is -3.36. The lowest BCUT2D eigenvalue weighted by atomic mass is 10.1. The lowest BCUT2D eigenvalue weighted by Crippen LogP contribution is -2.37. The Balaban J connectivity index is 1.46. The van der Waals surface area contributed by atoms with E-state index in [9.17, 15) is 9.59 Å². The third kappa shape index (κ3) is 5.08. The Morgan fingerprint density at radius 1 is 0.676 bits per heavy atom. The molecule has 0 radical (unpaired) electrons. The molecule has 0 unspecified atom stereocenters. The normalized spacial score (nSPS) is 10.8. The van der Waals surface area contributed by atoms with Crippen LogP contribution in [-0.2, 0) is 0 Å². The zero-order chi connectivity index (χ0) is 24.2. The van der Waals surface area contributed by atoms with E-state index < -0.39 is 0 Å². The average Bonchev–Trinajstić information content (AvgIpc) is 3.45. The van der Waals surface area contributed by atoms with Crippen molar-refractivity contribution in [3.63, 3.8) is 0 Å². The van der Waals surface area contributed by atoms with Crippen molar-refractivity contribution >= 4 is 34.5 Å². The Kier molecular flexibility index (Phi) is 7.19. The van der Waals surface area contributed by atoms with Crippen molar-refractivity contribution in [3.8, 4) is 22.5 Å². The molecule has 4 aromatic rings. The van der Waals surface area contributed by atoms with Gasteiger partial charge in [-0.1, -0.05) is 60.7 Å². The number of benzene rings is 2. The molecule has 0 saturated carbocycles. The highest BCUT2D eigenvalue weighted by molar-refractivity contribution is 7.14. The van der Waals surface area contributed by atoms with E-state index in [0.29, 0.717) is 34.2 Å². The molecular formula is C26H26N4O2S2.